The number of hydrogen-bond donors (Lipinski definition) is 0. The van der Waals surface area contributed by atoms with Crippen LogP contribution in [0.25, 0.3) is 0 Å². The first-order chi connectivity index (χ1) is 10.4. The van der Waals surface area contributed by atoms with Crippen molar-refractivity contribution in [3.8, 4) is 37.0 Å². The second-order valence-electron chi connectivity index (χ2n) is 3.93. The van der Waals surface area contributed by atoms with Crippen LogP contribution < -0.4 is 0 Å². The normalized spacial score (nSPS) is 12.6. The van der Waals surface area contributed by atoms with Crippen LogP contribution in [0.4, 0.5) is 0 Å². The van der Waals surface area contributed by atoms with E-state index in [1.54, 1.807) is 36.8 Å². The fourth-order valence-corrected chi connectivity index (χ4v) is 5.33. The Hall–Kier alpha value is -2.72. The van der Waals surface area contributed by atoms with Crippen molar-refractivity contribution in [2.45, 2.75) is 13.3 Å². The summed E-state index contributed by atoms with van der Waals surface area (Å²) in [6.07, 6.45) is 18.5. The van der Waals surface area contributed by atoms with Gasteiger partial charge < -0.3 is 0 Å². The molecule has 0 aromatic heterocycles. The maximum absolute atomic E-state index is 11.5. The molecule has 0 aromatic carbocycles. The second kappa shape index (κ2) is 7.34. The average Bonchev–Trinajstić information content (AvgIpc) is 2.93. The number of allylic oxidation sites excluding steroid dienone is 4. The van der Waals surface area contributed by atoms with Crippen LogP contribution in [-0.4, -0.2) is 17.9 Å². The summed E-state index contributed by atoms with van der Waals surface area (Å²) in [6, 6.07) is 0. The van der Waals surface area contributed by atoms with Crippen LogP contribution in [0.5, 0.6) is 0 Å². The Morgan fingerprint density at radius 3 is 1.68 bits per heavy atom. The minimum atomic E-state index is -4.97. The van der Waals surface area contributed by atoms with Crippen molar-refractivity contribution in [2.75, 3.05) is 0 Å². The van der Waals surface area contributed by atoms with Crippen molar-refractivity contribution in [1.29, 1.82) is 0 Å². The number of carbonyl (C=O) groups excluding carboxylic acids is 3. The summed E-state index contributed by atoms with van der Waals surface area (Å²) < 4.78 is 15.4. The molecule has 22 heavy (non-hydrogen) atoms. The average molecular weight is 334 g/mol. The van der Waals surface area contributed by atoms with Crippen molar-refractivity contribution < 1.29 is 42.1 Å². The second-order valence-corrected chi connectivity index (χ2v) is 7.56. The molecule has 0 fully saturated rings. The van der Waals surface area contributed by atoms with Gasteiger partial charge in [0.25, 0.3) is 0 Å². The van der Waals surface area contributed by atoms with E-state index < -0.39 is 35.7 Å². The number of hydrogen-bond acceptors (Lipinski definition) is 6. The van der Waals surface area contributed by atoms with Gasteiger partial charge in [-0.1, -0.05) is 0 Å². The molecular weight excluding hydrogens is 324 g/mol. The maximum atomic E-state index is 11.5. The molecule has 1 rings (SSSR count). The summed E-state index contributed by atoms with van der Waals surface area (Å²) in [6.45, 7) is 1.66. The van der Waals surface area contributed by atoms with Crippen LogP contribution in [-0.2, 0) is 42.1 Å². The van der Waals surface area contributed by atoms with E-state index in [9.17, 15) is 14.4 Å². The molecule has 0 radical (unpaired) electrons. The first kappa shape index (κ1) is 17.3. The van der Waals surface area contributed by atoms with Gasteiger partial charge in [0.2, 0.25) is 0 Å². The van der Waals surface area contributed by atoms with Crippen LogP contribution >= 0.6 is 0 Å². The van der Waals surface area contributed by atoms with Crippen molar-refractivity contribution in [3.05, 3.63) is 21.6 Å². The number of carbonyl (C=O) groups is 3. The predicted molar refractivity (Wildman–Crippen MR) is 71.2 cm³/mol. The molecule has 0 aromatic rings. The zero-order valence-electron chi connectivity index (χ0n) is 11.5. The zero-order chi connectivity index (χ0) is 16.8. The van der Waals surface area contributed by atoms with Crippen LogP contribution in [0.3, 0.4) is 0 Å². The van der Waals surface area contributed by atoms with Gasteiger partial charge in [-0.05, 0) is 0 Å². The van der Waals surface area contributed by atoms with Gasteiger partial charge in [0.05, 0.1) is 0 Å². The van der Waals surface area contributed by atoms with Crippen LogP contribution in [0.2, 0.25) is 0 Å². The molecule has 0 heterocycles. The van der Waals surface area contributed by atoms with E-state index in [2.05, 4.69) is 0 Å². The topological polar surface area (TPSA) is 78.9 Å². The molecular formula is C15H10O6Ti. The van der Waals surface area contributed by atoms with Gasteiger partial charge in [0.1, 0.15) is 0 Å². The Kier molecular flexibility index (Phi) is 5.78. The molecule has 6 nitrogen and oxygen atoms in total. The van der Waals surface area contributed by atoms with Crippen molar-refractivity contribution in [3.63, 3.8) is 0 Å². The third-order valence-corrected chi connectivity index (χ3v) is 6.79. The van der Waals surface area contributed by atoms with E-state index in [0.717, 1.165) is 0 Å². The third kappa shape index (κ3) is 3.90. The molecule has 1 aliphatic carbocycles. The molecule has 0 aliphatic heterocycles. The SMILES string of the molecule is C#CC(=O)[O][Ti]([O]C(=O)C#C)([O]C(=O)C#C)[C]1=C(C)C=CC1. The van der Waals surface area contributed by atoms with Gasteiger partial charge in [0.15, 0.2) is 0 Å². The molecule has 0 spiro atoms. The van der Waals surface area contributed by atoms with E-state index in [4.69, 9.17) is 29.2 Å². The number of rotatable bonds is 4. The monoisotopic (exact) mass is 334 g/mol. The van der Waals surface area contributed by atoms with E-state index in [1.165, 1.54) is 0 Å². The van der Waals surface area contributed by atoms with Crippen LogP contribution in [0.1, 0.15) is 13.3 Å². The van der Waals surface area contributed by atoms with Crippen LogP contribution in [0, 0.1) is 37.0 Å². The summed E-state index contributed by atoms with van der Waals surface area (Å²) in [5.74, 6) is 1.64. The van der Waals surface area contributed by atoms with Gasteiger partial charge in [-0.15, -0.1) is 0 Å². The van der Waals surface area contributed by atoms with E-state index in [1.807, 2.05) is 0 Å². The fraction of sp³-hybridized carbons (Fsp3) is 0.133. The van der Waals surface area contributed by atoms with Gasteiger partial charge in [-0.3, -0.25) is 0 Å². The summed E-state index contributed by atoms with van der Waals surface area (Å²) in [5, 5.41) is 0. The molecule has 1 aliphatic rings. The van der Waals surface area contributed by atoms with Gasteiger partial charge in [-0.25, -0.2) is 0 Å². The Morgan fingerprint density at radius 1 is 1.00 bits per heavy atom. The van der Waals surface area contributed by atoms with Crippen molar-refractivity contribution in [1.82, 2.24) is 0 Å². The van der Waals surface area contributed by atoms with E-state index >= 15 is 0 Å². The molecule has 0 N–H and O–H groups in total. The van der Waals surface area contributed by atoms with E-state index in [0.29, 0.717) is 9.45 Å². The summed E-state index contributed by atoms with van der Waals surface area (Å²) in [4.78, 5) is 34.5. The molecule has 0 bridgehead atoms. The zero-order valence-corrected chi connectivity index (χ0v) is 13.1. The quantitative estimate of drug-likeness (QED) is 0.555. The summed E-state index contributed by atoms with van der Waals surface area (Å²) in [7, 11) is 0. The molecule has 0 amide bonds. The summed E-state index contributed by atoms with van der Waals surface area (Å²) >= 11 is -4.97. The Labute approximate surface area is 132 Å². The Morgan fingerprint density at radius 2 is 1.41 bits per heavy atom. The fourth-order valence-electron chi connectivity index (χ4n) is 1.68. The molecule has 7 heteroatoms. The minimum absolute atomic E-state index is 0.249. The standard InChI is InChI=1S/C6H7.3C3H2O2.Ti/c1-6-4-2-3-5-6;3*1-2-3(4)5;/h2,4H,3H2,1H3;3*1H,(H,4,5);/q;;;;+3/p-3. The first-order valence-electron chi connectivity index (χ1n) is 5.84. The van der Waals surface area contributed by atoms with Gasteiger partial charge >= 0.3 is 132 Å². The predicted octanol–water partition coefficient (Wildman–Crippen LogP) is 0.648. The third-order valence-electron chi connectivity index (χ3n) is 2.57. The van der Waals surface area contributed by atoms with Crippen molar-refractivity contribution >= 4 is 17.9 Å². The molecule has 0 atom stereocenters. The van der Waals surface area contributed by atoms with Crippen molar-refractivity contribution in [2.24, 2.45) is 0 Å². The van der Waals surface area contributed by atoms with Gasteiger partial charge in [-0.2, -0.15) is 0 Å². The number of terminal acetylenes is 3. The van der Waals surface area contributed by atoms with E-state index in [-0.39, 0.29) is 6.42 Å². The Bertz CT molecular complexity index is 638. The first-order valence-corrected chi connectivity index (χ1v) is 8.53. The summed E-state index contributed by atoms with van der Waals surface area (Å²) in [5.41, 5.74) is 0.611. The Balaban J connectivity index is 3.39. The molecule has 110 valence electrons. The van der Waals surface area contributed by atoms with Gasteiger partial charge in [0, 0.05) is 0 Å². The molecule has 0 saturated carbocycles. The van der Waals surface area contributed by atoms with Crippen LogP contribution in [0.15, 0.2) is 21.6 Å². The molecule has 0 unspecified atom stereocenters. The molecule has 0 saturated heterocycles.